The Labute approximate surface area is 101 Å². The fourth-order valence-electron chi connectivity index (χ4n) is 2.42. The van der Waals surface area contributed by atoms with Gasteiger partial charge in [0.1, 0.15) is 6.10 Å². The van der Waals surface area contributed by atoms with Crippen LogP contribution in [0.25, 0.3) is 0 Å². The molecule has 5 heteroatoms. The molecule has 0 amide bonds. The average molecular weight is 240 g/mol. The summed E-state index contributed by atoms with van der Waals surface area (Å²) in [4.78, 5) is 4.37. The van der Waals surface area contributed by atoms with E-state index in [0.29, 0.717) is 17.6 Å². The fourth-order valence-corrected chi connectivity index (χ4v) is 2.42. The van der Waals surface area contributed by atoms with Gasteiger partial charge >= 0.3 is 0 Å². The number of ether oxygens (including phenoxy) is 1. The minimum atomic E-state index is -0.344. The average Bonchev–Trinajstić information content (AvgIpc) is 2.87. The Kier molecular flexibility index (Phi) is 3.79. The molecule has 1 fully saturated rings. The summed E-state index contributed by atoms with van der Waals surface area (Å²) >= 11 is 0. The van der Waals surface area contributed by atoms with Crippen molar-refractivity contribution in [1.29, 1.82) is 0 Å². The van der Waals surface area contributed by atoms with Crippen LogP contribution in [0.3, 0.4) is 0 Å². The number of hydrogen-bond acceptors (Lipinski definition) is 5. The molecule has 1 saturated carbocycles. The van der Waals surface area contributed by atoms with Crippen molar-refractivity contribution in [3.63, 3.8) is 0 Å². The largest absolute Gasteiger partial charge is 0.392 e. The van der Waals surface area contributed by atoms with Gasteiger partial charge in [-0.25, -0.2) is 0 Å². The van der Waals surface area contributed by atoms with Crippen LogP contribution in [0.5, 0.6) is 0 Å². The van der Waals surface area contributed by atoms with Gasteiger partial charge in [0.15, 0.2) is 0 Å². The van der Waals surface area contributed by atoms with Crippen molar-refractivity contribution in [2.24, 2.45) is 5.92 Å². The number of nitrogens with zero attached hydrogens (tertiary/aromatic N) is 2. The zero-order valence-corrected chi connectivity index (χ0v) is 10.6. The molecule has 5 nitrogen and oxygen atoms in total. The van der Waals surface area contributed by atoms with E-state index in [-0.39, 0.29) is 18.1 Å². The van der Waals surface area contributed by atoms with Gasteiger partial charge in [-0.1, -0.05) is 19.0 Å². The number of rotatable bonds is 4. The molecule has 1 N–H and O–H groups in total. The third-order valence-electron chi connectivity index (χ3n) is 3.37. The van der Waals surface area contributed by atoms with Crippen LogP contribution in [0, 0.1) is 5.92 Å². The highest BCUT2D eigenvalue weighted by atomic mass is 16.5. The summed E-state index contributed by atoms with van der Waals surface area (Å²) < 4.78 is 10.6. The summed E-state index contributed by atoms with van der Waals surface area (Å²) in [6.07, 6.45) is 2.26. The van der Waals surface area contributed by atoms with E-state index in [1.165, 1.54) is 0 Å². The van der Waals surface area contributed by atoms with E-state index in [1.807, 2.05) is 0 Å². The maximum Gasteiger partial charge on any atom is 0.232 e. The predicted molar refractivity (Wildman–Crippen MR) is 61.5 cm³/mol. The van der Waals surface area contributed by atoms with Crippen molar-refractivity contribution in [2.45, 2.75) is 51.2 Å². The van der Waals surface area contributed by atoms with Gasteiger partial charge in [-0.15, -0.1) is 0 Å². The molecule has 1 aromatic rings. The van der Waals surface area contributed by atoms with E-state index in [9.17, 15) is 5.11 Å². The summed E-state index contributed by atoms with van der Waals surface area (Å²) in [6, 6.07) is 0. The summed E-state index contributed by atoms with van der Waals surface area (Å²) in [5.41, 5.74) is 0. The highest BCUT2D eigenvalue weighted by molar-refractivity contribution is 5.02. The third kappa shape index (κ3) is 2.50. The molecule has 1 aliphatic carbocycles. The minimum absolute atomic E-state index is 0.000850. The molecule has 0 aliphatic heterocycles. The summed E-state index contributed by atoms with van der Waals surface area (Å²) in [5, 5.41) is 13.8. The van der Waals surface area contributed by atoms with Gasteiger partial charge in [-0.2, -0.15) is 4.98 Å². The first kappa shape index (κ1) is 12.5. The van der Waals surface area contributed by atoms with Gasteiger partial charge in [-0.05, 0) is 25.2 Å². The van der Waals surface area contributed by atoms with Crippen LogP contribution in [-0.2, 0) is 4.74 Å². The molecular formula is C12H20N2O3. The first-order chi connectivity index (χ1) is 8.13. The predicted octanol–water partition coefficient (Wildman–Crippen LogP) is 2.04. The van der Waals surface area contributed by atoms with Crippen LogP contribution in [0.4, 0.5) is 0 Å². The van der Waals surface area contributed by atoms with E-state index in [4.69, 9.17) is 9.26 Å². The monoisotopic (exact) mass is 240 g/mol. The quantitative estimate of drug-likeness (QED) is 0.872. The topological polar surface area (TPSA) is 68.4 Å². The lowest BCUT2D eigenvalue weighted by Crippen LogP contribution is -2.13. The number of aliphatic hydroxyl groups is 1. The molecule has 1 aromatic heterocycles. The number of aliphatic hydroxyl groups excluding tert-OH is 1. The zero-order valence-electron chi connectivity index (χ0n) is 10.6. The van der Waals surface area contributed by atoms with E-state index in [0.717, 1.165) is 19.3 Å². The molecule has 0 aromatic carbocycles. The Balaban J connectivity index is 2.14. The van der Waals surface area contributed by atoms with Gasteiger partial charge in [0, 0.05) is 7.11 Å². The molecule has 0 spiro atoms. The molecular weight excluding hydrogens is 220 g/mol. The molecule has 96 valence electrons. The molecule has 2 rings (SSSR count). The van der Waals surface area contributed by atoms with Gasteiger partial charge in [0.25, 0.3) is 0 Å². The van der Waals surface area contributed by atoms with Crippen LogP contribution < -0.4 is 0 Å². The van der Waals surface area contributed by atoms with E-state index in [2.05, 4.69) is 24.0 Å². The van der Waals surface area contributed by atoms with Crippen molar-refractivity contribution in [1.82, 2.24) is 10.1 Å². The van der Waals surface area contributed by atoms with Crippen molar-refractivity contribution in [3.05, 3.63) is 11.7 Å². The Hall–Kier alpha value is -0.940. The number of methoxy groups -OCH3 is 1. The first-order valence-electron chi connectivity index (χ1n) is 6.17. The molecule has 17 heavy (non-hydrogen) atoms. The van der Waals surface area contributed by atoms with Crippen LogP contribution >= 0.6 is 0 Å². The van der Waals surface area contributed by atoms with Gasteiger partial charge in [0.2, 0.25) is 11.7 Å². The second kappa shape index (κ2) is 5.14. The Morgan fingerprint density at radius 2 is 2.18 bits per heavy atom. The Morgan fingerprint density at radius 3 is 2.71 bits per heavy atom. The van der Waals surface area contributed by atoms with E-state index < -0.39 is 0 Å². The SMILES string of the molecule is COC(c1noc(C2CCCC2O)n1)C(C)C. The summed E-state index contributed by atoms with van der Waals surface area (Å²) in [7, 11) is 1.64. The second-order valence-corrected chi connectivity index (χ2v) is 5.00. The van der Waals surface area contributed by atoms with Crippen molar-refractivity contribution in [3.8, 4) is 0 Å². The van der Waals surface area contributed by atoms with Crippen molar-refractivity contribution < 1.29 is 14.4 Å². The third-order valence-corrected chi connectivity index (χ3v) is 3.37. The standard InChI is InChI=1S/C12H20N2O3/c1-7(2)10(16-3)11-13-12(17-14-11)8-5-4-6-9(8)15/h7-10,15H,4-6H2,1-3H3. The molecule has 0 radical (unpaired) electrons. The molecule has 0 saturated heterocycles. The fraction of sp³-hybridized carbons (Fsp3) is 0.833. The summed E-state index contributed by atoms with van der Waals surface area (Å²) in [6.45, 7) is 4.10. The van der Waals surface area contributed by atoms with Gasteiger partial charge in [0.05, 0.1) is 12.0 Å². The van der Waals surface area contributed by atoms with Crippen molar-refractivity contribution in [2.75, 3.05) is 7.11 Å². The first-order valence-corrected chi connectivity index (χ1v) is 6.17. The number of aromatic nitrogens is 2. The zero-order chi connectivity index (χ0) is 12.4. The Morgan fingerprint density at radius 1 is 1.41 bits per heavy atom. The minimum Gasteiger partial charge on any atom is -0.392 e. The highest BCUT2D eigenvalue weighted by Crippen LogP contribution is 2.34. The maximum atomic E-state index is 9.80. The van der Waals surface area contributed by atoms with Crippen LogP contribution in [0.2, 0.25) is 0 Å². The van der Waals surface area contributed by atoms with Gasteiger partial charge in [-0.3, -0.25) is 0 Å². The normalized spacial score (nSPS) is 26.6. The van der Waals surface area contributed by atoms with E-state index >= 15 is 0 Å². The molecule has 0 bridgehead atoms. The molecule has 1 aliphatic rings. The maximum absolute atomic E-state index is 9.80. The van der Waals surface area contributed by atoms with Crippen LogP contribution in [-0.4, -0.2) is 28.5 Å². The summed E-state index contributed by atoms with van der Waals surface area (Å²) in [5.74, 6) is 1.42. The molecule has 3 atom stereocenters. The number of hydrogen-bond donors (Lipinski definition) is 1. The lowest BCUT2D eigenvalue weighted by Gasteiger charge is -2.14. The second-order valence-electron chi connectivity index (χ2n) is 5.00. The smallest absolute Gasteiger partial charge is 0.232 e. The van der Waals surface area contributed by atoms with Crippen LogP contribution in [0.15, 0.2) is 4.52 Å². The lowest BCUT2D eigenvalue weighted by atomic mass is 10.1. The molecule has 3 unspecified atom stereocenters. The van der Waals surface area contributed by atoms with Gasteiger partial charge < -0.3 is 14.4 Å². The Bertz CT molecular complexity index is 348. The van der Waals surface area contributed by atoms with Crippen molar-refractivity contribution >= 4 is 0 Å². The molecule has 1 heterocycles. The lowest BCUT2D eigenvalue weighted by molar-refractivity contribution is 0.0555. The van der Waals surface area contributed by atoms with E-state index in [1.54, 1.807) is 7.11 Å². The highest BCUT2D eigenvalue weighted by Gasteiger charge is 2.32. The van der Waals surface area contributed by atoms with Crippen LogP contribution in [0.1, 0.15) is 56.8 Å².